The van der Waals surface area contributed by atoms with Gasteiger partial charge in [-0.2, -0.15) is 4.98 Å². The number of piperazine rings is 1. The molecule has 5 heterocycles. The molecule has 3 aliphatic rings. The first-order valence-corrected chi connectivity index (χ1v) is 14.2. The van der Waals surface area contributed by atoms with Gasteiger partial charge in [0.1, 0.15) is 24.1 Å². The van der Waals surface area contributed by atoms with Crippen LogP contribution in [0.3, 0.4) is 0 Å². The second kappa shape index (κ2) is 10.8. The molecule has 0 amide bonds. The molecule has 0 aliphatic carbocycles. The Morgan fingerprint density at radius 1 is 1.02 bits per heavy atom. The molecule has 2 aromatic carbocycles. The van der Waals surface area contributed by atoms with E-state index in [0.29, 0.717) is 36.6 Å². The highest BCUT2D eigenvalue weighted by molar-refractivity contribution is 5.92. The highest BCUT2D eigenvalue weighted by Gasteiger charge is 2.41. The van der Waals surface area contributed by atoms with Gasteiger partial charge in [0, 0.05) is 43.4 Å². The van der Waals surface area contributed by atoms with Crippen LogP contribution in [0.15, 0.2) is 60.7 Å². The van der Waals surface area contributed by atoms with Crippen molar-refractivity contribution < 1.29 is 23.8 Å². The van der Waals surface area contributed by atoms with Crippen molar-refractivity contribution in [1.82, 2.24) is 19.4 Å². The minimum absolute atomic E-state index is 0.130. The molecule has 0 spiro atoms. The summed E-state index contributed by atoms with van der Waals surface area (Å²) in [5.74, 6) is 1.09. The number of carboxylic acid groups (broad SMARTS) is 1. The van der Waals surface area contributed by atoms with Crippen LogP contribution in [-0.2, 0) is 24.4 Å². The monoisotopic (exact) mass is 557 g/mol. The zero-order valence-corrected chi connectivity index (χ0v) is 22.7. The van der Waals surface area contributed by atoms with Gasteiger partial charge in [0.2, 0.25) is 5.88 Å². The van der Waals surface area contributed by atoms with Gasteiger partial charge >= 0.3 is 5.97 Å². The van der Waals surface area contributed by atoms with Crippen molar-refractivity contribution in [2.24, 2.45) is 0 Å². The van der Waals surface area contributed by atoms with E-state index in [-0.39, 0.29) is 24.1 Å². The topological polar surface area (TPSA) is 93.0 Å². The van der Waals surface area contributed by atoms with Crippen molar-refractivity contribution in [3.8, 4) is 5.88 Å². The van der Waals surface area contributed by atoms with Crippen molar-refractivity contribution >= 4 is 22.8 Å². The summed E-state index contributed by atoms with van der Waals surface area (Å²) in [5, 5.41) is 9.54. The number of anilines is 1. The number of fused-ring (bicyclic) bond motifs is 3. The number of aromatic nitrogens is 3. The number of rotatable bonds is 9. The highest BCUT2D eigenvalue weighted by Crippen LogP contribution is 2.35. The summed E-state index contributed by atoms with van der Waals surface area (Å²) in [6.07, 6.45) is 3.29. The fourth-order valence-corrected chi connectivity index (χ4v) is 6.35. The molecular formula is C31H32FN5O4. The van der Waals surface area contributed by atoms with E-state index in [1.807, 2.05) is 18.2 Å². The van der Waals surface area contributed by atoms with Crippen molar-refractivity contribution in [3.63, 3.8) is 0 Å². The second-order valence-electron chi connectivity index (χ2n) is 11.1. The van der Waals surface area contributed by atoms with E-state index < -0.39 is 5.97 Å². The summed E-state index contributed by atoms with van der Waals surface area (Å²) in [4.78, 5) is 26.2. The number of ether oxygens (including phenoxy) is 2. The van der Waals surface area contributed by atoms with Gasteiger partial charge in [0.25, 0.3) is 0 Å². The highest BCUT2D eigenvalue weighted by atomic mass is 19.1. The Morgan fingerprint density at radius 3 is 2.56 bits per heavy atom. The van der Waals surface area contributed by atoms with Crippen LogP contribution in [0.25, 0.3) is 11.0 Å². The molecular weight excluding hydrogens is 525 g/mol. The zero-order valence-electron chi connectivity index (χ0n) is 22.7. The van der Waals surface area contributed by atoms with Crippen LogP contribution in [0.4, 0.5) is 10.2 Å². The molecule has 3 saturated heterocycles. The Balaban J connectivity index is 1.08. The molecule has 3 aliphatic heterocycles. The first kappa shape index (κ1) is 25.9. The lowest BCUT2D eigenvalue weighted by atomic mass is 10.1. The maximum atomic E-state index is 14.0. The third-order valence-corrected chi connectivity index (χ3v) is 8.48. The lowest BCUT2D eigenvalue weighted by molar-refractivity contribution is -0.0592. The molecule has 9 nitrogen and oxygen atoms in total. The van der Waals surface area contributed by atoms with Gasteiger partial charge in [-0.1, -0.05) is 24.3 Å². The molecule has 3 fully saturated rings. The molecule has 10 heteroatoms. The van der Waals surface area contributed by atoms with E-state index in [0.717, 1.165) is 61.6 Å². The van der Waals surface area contributed by atoms with E-state index in [4.69, 9.17) is 19.4 Å². The predicted molar refractivity (Wildman–Crippen MR) is 151 cm³/mol. The second-order valence-corrected chi connectivity index (χ2v) is 11.1. The van der Waals surface area contributed by atoms with Crippen LogP contribution in [0.2, 0.25) is 0 Å². The Morgan fingerprint density at radius 2 is 1.83 bits per heavy atom. The smallest absolute Gasteiger partial charge is 0.335 e. The summed E-state index contributed by atoms with van der Waals surface area (Å²) in [5.41, 5.74) is 2.41. The Kier molecular flexibility index (Phi) is 6.80. The summed E-state index contributed by atoms with van der Waals surface area (Å²) >= 11 is 0. The predicted octanol–water partition coefficient (Wildman–Crippen LogP) is 4.49. The first-order chi connectivity index (χ1) is 20.0. The number of halogens is 1. The molecule has 7 rings (SSSR count). The molecule has 41 heavy (non-hydrogen) atoms. The lowest BCUT2D eigenvalue weighted by Gasteiger charge is -2.41. The third-order valence-electron chi connectivity index (χ3n) is 8.48. The van der Waals surface area contributed by atoms with E-state index >= 15 is 0 Å². The Bertz CT molecular complexity index is 1570. The summed E-state index contributed by atoms with van der Waals surface area (Å²) < 4.78 is 27.8. The van der Waals surface area contributed by atoms with Gasteiger partial charge < -0.3 is 24.0 Å². The molecule has 2 aromatic heterocycles. The van der Waals surface area contributed by atoms with Gasteiger partial charge in [0.05, 0.1) is 35.8 Å². The number of aromatic carboxylic acids is 1. The van der Waals surface area contributed by atoms with Crippen molar-refractivity contribution in [1.29, 1.82) is 0 Å². The first-order valence-electron chi connectivity index (χ1n) is 14.2. The summed E-state index contributed by atoms with van der Waals surface area (Å²) in [6.45, 7) is 4.01. The molecule has 0 saturated carbocycles. The molecule has 2 unspecified atom stereocenters. The van der Waals surface area contributed by atoms with Gasteiger partial charge in [-0.15, -0.1) is 0 Å². The van der Waals surface area contributed by atoms with E-state index in [9.17, 15) is 14.3 Å². The van der Waals surface area contributed by atoms with Gasteiger partial charge in [-0.3, -0.25) is 4.90 Å². The SMILES string of the molecule is O=C(O)c1ccc2nc(CN3CC4CCC(C3)N4c3cccc(OCc4ccccc4F)n3)n(C[C@@H]3CCO3)c2c1. The van der Waals surface area contributed by atoms with Crippen molar-refractivity contribution in [2.45, 2.75) is 57.1 Å². The fraction of sp³-hybridized carbons (Fsp3) is 0.387. The number of pyridine rings is 1. The van der Waals surface area contributed by atoms with Crippen molar-refractivity contribution in [3.05, 3.63) is 83.4 Å². The van der Waals surface area contributed by atoms with Gasteiger partial charge in [-0.05, 0) is 49.6 Å². The maximum absolute atomic E-state index is 14.0. The average Bonchev–Trinajstić information content (AvgIpc) is 3.42. The molecule has 3 atom stereocenters. The average molecular weight is 558 g/mol. The normalized spacial score (nSPS) is 22.2. The molecule has 1 N–H and O–H groups in total. The van der Waals surface area contributed by atoms with Gasteiger partial charge in [0.15, 0.2) is 0 Å². The third kappa shape index (κ3) is 5.13. The standard InChI is InChI=1S/C31H32FN5O4/c32-25-5-2-1-4-21(25)19-41-30-7-3-6-28(34-30)37-22-9-10-23(37)16-35(15-22)18-29-33-26-11-8-20(31(38)39)14-27(26)36(29)17-24-12-13-40-24/h1-8,11,14,22-24H,9-10,12-13,15-19H2,(H,38,39)/t22?,23?,24-/m0/s1. The van der Waals surface area contributed by atoms with Crippen LogP contribution in [0.5, 0.6) is 5.88 Å². The molecule has 4 aromatic rings. The van der Waals surface area contributed by atoms with Gasteiger partial charge in [-0.25, -0.2) is 14.2 Å². The largest absolute Gasteiger partial charge is 0.478 e. The Labute approximate surface area is 237 Å². The number of benzene rings is 2. The number of nitrogens with zero attached hydrogens (tertiary/aromatic N) is 5. The number of likely N-dealkylation sites (tertiary alicyclic amines) is 1. The molecule has 212 valence electrons. The van der Waals surface area contributed by atoms with Crippen molar-refractivity contribution in [2.75, 3.05) is 24.6 Å². The van der Waals surface area contributed by atoms with Crippen LogP contribution in [0, 0.1) is 5.82 Å². The Hall–Kier alpha value is -4.02. The lowest BCUT2D eigenvalue weighted by Crippen LogP contribution is -2.54. The fourth-order valence-electron chi connectivity index (χ4n) is 6.35. The summed E-state index contributed by atoms with van der Waals surface area (Å²) in [6, 6.07) is 18.2. The van der Waals surface area contributed by atoms with Crippen LogP contribution in [0.1, 0.15) is 41.0 Å². The summed E-state index contributed by atoms with van der Waals surface area (Å²) in [7, 11) is 0. The molecule has 2 bridgehead atoms. The number of hydrogen-bond acceptors (Lipinski definition) is 7. The minimum atomic E-state index is -0.941. The van der Waals surface area contributed by atoms with E-state index in [1.165, 1.54) is 6.07 Å². The van der Waals surface area contributed by atoms with Crippen LogP contribution in [-0.4, -0.2) is 68.4 Å². The molecule has 0 radical (unpaired) electrons. The minimum Gasteiger partial charge on any atom is -0.478 e. The van der Waals surface area contributed by atoms with Crippen LogP contribution >= 0.6 is 0 Å². The quantitative estimate of drug-likeness (QED) is 0.322. The number of hydrogen-bond donors (Lipinski definition) is 1. The van der Waals surface area contributed by atoms with E-state index in [2.05, 4.69) is 14.4 Å². The number of carboxylic acids is 1. The zero-order chi connectivity index (χ0) is 27.9. The van der Waals surface area contributed by atoms with Crippen LogP contribution < -0.4 is 9.64 Å². The number of imidazole rings is 1. The number of carbonyl (C=O) groups is 1. The maximum Gasteiger partial charge on any atom is 0.335 e. The van der Waals surface area contributed by atoms with E-state index in [1.54, 1.807) is 36.4 Å².